The van der Waals surface area contributed by atoms with Crippen molar-refractivity contribution < 1.29 is 4.52 Å². The minimum atomic E-state index is 0.760. The van der Waals surface area contributed by atoms with E-state index >= 15 is 0 Å². The molecule has 0 aliphatic heterocycles. The summed E-state index contributed by atoms with van der Waals surface area (Å²) in [4.78, 5) is 0. The van der Waals surface area contributed by atoms with E-state index in [1.54, 1.807) is 6.20 Å². The van der Waals surface area contributed by atoms with Gasteiger partial charge in [-0.15, -0.1) is 5.10 Å². The zero-order valence-corrected chi connectivity index (χ0v) is 8.79. The molecule has 4 nitrogen and oxygen atoms in total. The topological polar surface area (TPSA) is 51.8 Å². The van der Waals surface area contributed by atoms with Gasteiger partial charge < -0.3 is 4.52 Å². The summed E-state index contributed by atoms with van der Waals surface area (Å²) < 4.78 is 5.35. The Balaban J connectivity index is 2.41. The maximum Gasteiger partial charge on any atom is 0.165 e. The largest absolute Gasteiger partial charge is 0.356 e. The summed E-state index contributed by atoms with van der Waals surface area (Å²) in [5.41, 5.74) is 2.44. The zero-order chi connectivity index (χ0) is 11.2. The fourth-order valence-corrected chi connectivity index (χ4v) is 2.15. The molecule has 0 bridgehead atoms. The van der Waals surface area contributed by atoms with Crippen LogP contribution in [0.1, 0.15) is 0 Å². The number of hydrogen-bond donors (Lipinski definition) is 0. The molecule has 0 spiro atoms. The number of nitrogens with zero attached hydrogens (tertiary/aromatic N) is 3. The molecule has 2 heterocycles. The lowest BCUT2D eigenvalue weighted by atomic mass is 10.1. The molecule has 80 valence electrons. The summed E-state index contributed by atoms with van der Waals surface area (Å²) in [6.07, 6.45) is 1.76. The average molecular weight is 221 g/mol. The molecule has 0 atom stereocenters. The van der Waals surface area contributed by atoms with Crippen molar-refractivity contribution in [1.29, 1.82) is 0 Å². The van der Waals surface area contributed by atoms with Crippen LogP contribution in [0.4, 0.5) is 0 Å². The van der Waals surface area contributed by atoms with E-state index < -0.39 is 0 Å². The van der Waals surface area contributed by atoms with Gasteiger partial charge in [0, 0.05) is 16.2 Å². The van der Waals surface area contributed by atoms with Gasteiger partial charge in [0.15, 0.2) is 5.58 Å². The van der Waals surface area contributed by atoms with E-state index in [-0.39, 0.29) is 0 Å². The van der Waals surface area contributed by atoms with Crippen LogP contribution < -0.4 is 0 Å². The predicted octanol–water partition coefficient (Wildman–Crippen LogP) is 2.92. The van der Waals surface area contributed by atoms with Gasteiger partial charge in [0.2, 0.25) is 0 Å². The average Bonchev–Trinajstić information content (AvgIpc) is 2.86. The summed E-state index contributed by atoms with van der Waals surface area (Å²) in [5, 5.41) is 15.3. The molecule has 0 saturated carbocycles. The molecule has 0 aliphatic carbocycles. The number of hydrogen-bond acceptors (Lipinski definition) is 4. The van der Waals surface area contributed by atoms with Crippen LogP contribution in [-0.2, 0) is 0 Å². The summed E-state index contributed by atoms with van der Waals surface area (Å²) in [6.45, 7) is 0. The first kappa shape index (κ1) is 8.64. The van der Waals surface area contributed by atoms with Gasteiger partial charge in [-0.1, -0.05) is 23.4 Å². The lowest BCUT2D eigenvalue weighted by Gasteiger charge is -2.01. The highest BCUT2D eigenvalue weighted by atomic mass is 16.5. The Labute approximate surface area is 95.8 Å². The van der Waals surface area contributed by atoms with Gasteiger partial charge in [0.25, 0.3) is 0 Å². The molecule has 17 heavy (non-hydrogen) atoms. The predicted molar refractivity (Wildman–Crippen MR) is 64.6 cm³/mol. The maximum atomic E-state index is 5.35. The van der Waals surface area contributed by atoms with Crippen LogP contribution >= 0.6 is 0 Å². The Morgan fingerprint density at radius 2 is 1.94 bits per heavy atom. The Morgan fingerprint density at radius 1 is 1.00 bits per heavy atom. The molecule has 0 unspecified atom stereocenters. The lowest BCUT2D eigenvalue weighted by molar-refractivity contribution is 0.455. The number of fused-ring (bicyclic) bond motifs is 5. The quantitative estimate of drug-likeness (QED) is 0.428. The van der Waals surface area contributed by atoms with E-state index in [1.165, 1.54) is 0 Å². The summed E-state index contributed by atoms with van der Waals surface area (Å²) in [5.74, 6) is 0. The monoisotopic (exact) mass is 221 g/mol. The molecule has 0 aliphatic rings. The second kappa shape index (κ2) is 3.01. The highest BCUT2D eigenvalue weighted by molar-refractivity contribution is 6.15. The van der Waals surface area contributed by atoms with Gasteiger partial charge >= 0.3 is 0 Å². The van der Waals surface area contributed by atoms with Gasteiger partial charge in [0.05, 0.1) is 6.20 Å². The number of benzene rings is 2. The third-order valence-electron chi connectivity index (χ3n) is 2.94. The minimum absolute atomic E-state index is 0.760. The van der Waals surface area contributed by atoms with Crippen molar-refractivity contribution in [3.05, 3.63) is 42.6 Å². The second-order valence-electron chi connectivity index (χ2n) is 3.92. The van der Waals surface area contributed by atoms with E-state index in [9.17, 15) is 0 Å². The van der Waals surface area contributed by atoms with Crippen molar-refractivity contribution in [3.63, 3.8) is 0 Å². The molecule has 2 aromatic heterocycles. The molecule has 4 heteroatoms. The SMILES string of the molecule is c1ccc2c(c1)onc1ccc3cnnc3c12. The van der Waals surface area contributed by atoms with Gasteiger partial charge in [-0.2, -0.15) is 5.10 Å². The van der Waals surface area contributed by atoms with Crippen molar-refractivity contribution in [2.75, 3.05) is 0 Å². The first-order chi connectivity index (χ1) is 8.43. The molecular weight excluding hydrogens is 214 g/mol. The van der Waals surface area contributed by atoms with E-state index in [1.807, 2.05) is 36.4 Å². The highest BCUT2D eigenvalue weighted by Gasteiger charge is 2.09. The van der Waals surface area contributed by atoms with Gasteiger partial charge in [0.1, 0.15) is 11.0 Å². The van der Waals surface area contributed by atoms with Crippen LogP contribution in [0.5, 0.6) is 0 Å². The van der Waals surface area contributed by atoms with Crippen LogP contribution in [0.15, 0.2) is 47.1 Å². The molecule has 0 N–H and O–H groups in total. The summed E-state index contributed by atoms with van der Waals surface area (Å²) in [6, 6.07) is 11.7. The molecule has 0 amide bonds. The number of para-hydroxylation sites is 1. The zero-order valence-electron chi connectivity index (χ0n) is 8.79. The van der Waals surface area contributed by atoms with Crippen molar-refractivity contribution in [1.82, 2.24) is 15.4 Å². The fourth-order valence-electron chi connectivity index (χ4n) is 2.15. The van der Waals surface area contributed by atoms with Gasteiger partial charge in [-0.25, -0.2) is 0 Å². The van der Waals surface area contributed by atoms with Crippen molar-refractivity contribution in [3.8, 4) is 0 Å². The Bertz CT molecular complexity index is 851. The first-order valence-corrected chi connectivity index (χ1v) is 5.32. The van der Waals surface area contributed by atoms with Crippen LogP contribution in [-0.4, -0.2) is 15.4 Å². The van der Waals surface area contributed by atoms with Crippen molar-refractivity contribution in [2.24, 2.45) is 0 Å². The molecule has 0 fully saturated rings. The van der Waals surface area contributed by atoms with Crippen LogP contribution in [0.2, 0.25) is 0 Å². The van der Waals surface area contributed by atoms with E-state index in [2.05, 4.69) is 15.4 Å². The van der Waals surface area contributed by atoms with Gasteiger partial charge in [-0.05, 0) is 18.2 Å². The Kier molecular flexibility index (Phi) is 1.53. The Hall–Kier alpha value is -2.49. The molecule has 4 rings (SSSR count). The summed E-state index contributed by atoms with van der Waals surface area (Å²) in [7, 11) is 0. The molecule has 2 aromatic carbocycles. The molecular formula is C13H7N3O. The third-order valence-corrected chi connectivity index (χ3v) is 2.94. The Morgan fingerprint density at radius 3 is 2.94 bits per heavy atom. The van der Waals surface area contributed by atoms with Crippen molar-refractivity contribution >= 4 is 32.8 Å². The summed E-state index contributed by atoms with van der Waals surface area (Å²) >= 11 is 0. The van der Waals surface area contributed by atoms with Crippen LogP contribution in [0.25, 0.3) is 32.8 Å². The second-order valence-corrected chi connectivity index (χ2v) is 3.92. The van der Waals surface area contributed by atoms with Crippen molar-refractivity contribution in [2.45, 2.75) is 0 Å². The molecule has 0 saturated heterocycles. The van der Waals surface area contributed by atoms with Gasteiger partial charge in [-0.3, -0.25) is 0 Å². The first-order valence-electron chi connectivity index (χ1n) is 5.32. The smallest absolute Gasteiger partial charge is 0.165 e. The molecule has 4 aromatic rings. The third kappa shape index (κ3) is 1.09. The fraction of sp³-hybridized carbons (Fsp3) is 0. The van der Waals surface area contributed by atoms with E-state index in [0.29, 0.717) is 0 Å². The standard InChI is InChI=1S/C13H7N3O/c1-2-4-11-9(3-1)12-10(16-17-11)6-5-8-7-14-15-13(8)12/h1-7H. The van der Waals surface area contributed by atoms with E-state index in [4.69, 9.17) is 4.52 Å². The lowest BCUT2D eigenvalue weighted by Crippen LogP contribution is -1.83. The maximum absolute atomic E-state index is 5.35. The number of aromatic nitrogens is 3. The minimum Gasteiger partial charge on any atom is -0.356 e. The van der Waals surface area contributed by atoms with Crippen LogP contribution in [0.3, 0.4) is 0 Å². The molecule has 0 radical (unpaired) electrons. The normalized spacial score (nSPS) is 11.5. The highest BCUT2D eigenvalue weighted by Crippen LogP contribution is 2.28. The van der Waals surface area contributed by atoms with E-state index in [0.717, 1.165) is 32.8 Å². The number of rotatable bonds is 0. The van der Waals surface area contributed by atoms with Crippen LogP contribution in [0, 0.1) is 0 Å².